The van der Waals surface area contributed by atoms with Crippen LogP contribution < -0.4 is 5.32 Å². The number of nitrogens with zero attached hydrogens (tertiary/aromatic N) is 2. The van der Waals surface area contributed by atoms with Crippen molar-refractivity contribution < 1.29 is 14.7 Å². The minimum atomic E-state index is -0.175. The summed E-state index contributed by atoms with van der Waals surface area (Å²) >= 11 is 0. The van der Waals surface area contributed by atoms with Gasteiger partial charge in [0, 0.05) is 19.3 Å². The molecule has 2 heterocycles. The summed E-state index contributed by atoms with van der Waals surface area (Å²) in [6, 6.07) is 3.25. The third-order valence-electron chi connectivity index (χ3n) is 2.75. The first-order chi connectivity index (χ1) is 8.79. The number of ether oxygens (including phenoxy) is 1. The molecule has 0 radical (unpaired) electrons. The Bertz CT molecular complexity index is 425. The van der Waals surface area contributed by atoms with Gasteiger partial charge in [-0.1, -0.05) is 5.16 Å². The van der Waals surface area contributed by atoms with Gasteiger partial charge in [-0.3, -0.25) is 9.78 Å². The van der Waals surface area contributed by atoms with Gasteiger partial charge in [-0.2, -0.15) is 0 Å². The fraction of sp³-hybridized carbons (Fsp3) is 0.417. The molecule has 0 bridgehead atoms. The lowest BCUT2D eigenvalue weighted by Gasteiger charge is -2.10. The quantitative estimate of drug-likeness (QED) is 0.469. The summed E-state index contributed by atoms with van der Waals surface area (Å²) in [6.07, 6.45) is 4.82. The van der Waals surface area contributed by atoms with Crippen LogP contribution in [-0.4, -0.2) is 41.6 Å². The van der Waals surface area contributed by atoms with Crippen LogP contribution in [0.2, 0.25) is 0 Å². The van der Waals surface area contributed by atoms with Gasteiger partial charge in [-0.05, 0) is 25.0 Å². The van der Waals surface area contributed by atoms with E-state index in [0.29, 0.717) is 17.8 Å². The lowest BCUT2D eigenvalue weighted by atomic mass is 10.2. The lowest BCUT2D eigenvalue weighted by molar-refractivity contribution is 0.0857. The van der Waals surface area contributed by atoms with Crippen molar-refractivity contribution in [2.45, 2.75) is 18.9 Å². The van der Waals surface area contributed by atoms with Gasteiger partial charge in [-0.15, -0.1) is 0 Å². The second kappa shape index (κ2) is 6.11. The van der Waals surface area contributed by atoms with Crippen molar-refractivity contribution >= 4 is 12.1 Å². The van der Waals surface area contributed by atoms with E-state index in [4.69, 9.17) is 9.94 Å². The maximum absolute atomic E-state index is 11.8. The summed E-state index contributed by atoms with van der Waals surface area (Å²) < 4.78 is 5.41. The molecule has 6 heteroatoms. The van der Waals surface area contributed by atoms with Crippen LogP contribution in [0.15, 0.2) is 23.5 Å². The highest BCUT2D eigenvalue weighted by molar-refractivity contribution is 5.94. The van der Waals surface area contributed by atoms with Crippen LogP contribution in [0.5, 0.6) is 0 Å². The number of hydrogen-bond donors (Lipinski definition) is 2. The normalized spacial score (nSPS) is 19.2. The van der Waals surface area contributed by atoms with Gasteiger partial charge >= 0.3 is 0 Å². The van der Waals surface area contributed by atoms with Gasteiger partial charge in [0.1, 0.15) is 0 Å². The summed E-state index contributed by atoms with van der Waals surface area (Å²) in [4.78, 5) is 15.7. The molecule has 0 aromatic carbocycles. The highest BCUT2D eigenvalue weighted by atomic mass is 16.5. The molecule has 1 aliphatic rings. The van der Waals surface area contributed by atoms with E-state index in [9.17, 15) is 4.79 Å². The molecule has 2 N–H and O–H groups in total. The maximum atomic E-state index is 11.8. The lowest BCUT2D eigenvalue weighted by Crippen LogP contribution is -2.31. The molecule has 1 aromatic heterocycles. The molecule has 0 spiro atoms. The molecule has 1 aliphatic heterocycles. The van der Waals surface area contributed by atoms with E-state index in [2.05, 4.69) is 15.5 Å². The highest BCUT2D eigenvalue weighted by Crippen LogP contribution is 2.10. The number of carbonyl (C=O) groups is 1. The van der Waals surface area contributed by atoms with Crippen LogP contribution in [0.25, 0.3) is 0 Å². The van der Waals surface area contributed by atoms with Crippen molar-refractivity contribution in [1.82, 2.24) is 10.3 Å². The van der Waals surface area contributed by atoms with E-state index in [1.165, 1.54) is 12.4 Å². The SMILES string of the molecule is O=C(NC[C@H]1CCCO1)c1ccc(/C=N\O)nc1. The second-order valence-electron chi connectivity index (χ2n) is 4.06. The molecule has 1 saturated heterocycles. The topological polar surface area (TPSA) is 83.8 Å². The first-order valence-electron chi connectivity index (χ1n) is 5.83. The molecule has 0 aliphatic carbocycles. The molecule has 18 heavy (non-hydrogen) atoms. The van der Waals surface area contributed by atoms with Gasteiger partial charge in [0.15, 0.2) is 0 Å². The Labute approximate surface area is 105 Å². The molecule has 96 valence electrons. The fourth-order valence-electron chi connectivity index (χ4n) is 1.79. The molecule has 1 fully saturated rings. The van der Waals surface area contributed by atoms with E-state index >= 15 is 0 Å². The number of hydrogen-bond acceptors (Lipinski definition) is 5. The molecule has 6 nitrogen and oxygen atoms in total. The summed E-state index contributed by atoms with van der Waals surface area (Å²) in [5.74, 6) is -0.175. The zero-order valence-corrected chi connectivity index (χ0v) is 9.87. The Morgan fingerprint density at radius 2 is 2.56 bits per heavy atom. The number of rotatable bonds is 4. The van der Waals surface area contributed by atoms with E-state index in [-0.39, 0.29) is 12.0 Å². The monoisotopic (exact) mass is 249 g/mol. The molecule has 1 amide bonds. The zero-order valence-electron chi connectivity index (χ0n) is 9.87. The third kappa shape index (κ3) is 3.27. The van der Waals surface area contributed by atoms with E-state index in [1.807, 2.05) is 0 Å². The van der Waals surface area contributed by atoms with Crippen molar-refractivity contribution in [2.75, 3.05) is 13.2 Å². The molecule has 0 unspecified atom stereocenters. The Morgan fingerprint density at radius 1 is 1.67 bits per heavy atom. The Kier molecular flexibility index (Phi) is 4.25. The highest BCUT2D eigenvalue weighted by Gasteiger charge is 2.16. The first-order valence-corrected chi connectivity index (χ1v) is 5.83. The number of nitrogens with one attached hydrogen (secondary N) is 1. The standard InChI is InChI=1S/C12H15N3O3/c16-12(14-8-11-2-1-5-18-11)9-3-4-10(7-15-17)13-6-9/h3-4,6-7,11,17H,1-2,5,8H2,(H,14,16)/b15-7-/t11-/m1/s1. The van der Waals surface area contributed by atoms with Crippen molar-refractivity contribution in [1.29, 1.82) is 0 Å². The first kappa shape index (κ1) is 12.5. The minimum Gasteiger partial charge on any atom is -0.411 e. The number of amides is 1. The van der Waals surface area contributed by atoms with Crippen LogP contribution in [0, 0.1) is 0 Å². The number of pyridine rings is 1. The van der Waals surface area contributed by atoms with E-state index < -0.39 is 0 Å². The largest absolute Gasteiger partial charge is 0.411 e. The number of carbonyl (C=O) groups excluding carboxylic acids is 1. The average molecular weight is 249 g/mol. The van der Waals surface area contributed by atoms with Gasteiger partial charge < -0.3 is 15.3 Å². The van der Waals surface area contributed by atoms with Crippen LogP contribution in [0.1, 0.15) is 28.9 Å². The summed E-state index contributed by atoms with van der Waals surface area (Å²) in [5, 5.41) is 14.0. The Balaban J connectivity index is 1.87. The van der Waals surface area contributed by atoms with Crippen LogP contribution in [0.4, 0.5) is 0 Å². The molecule has 1 atom stereocenters. The van der Waals surface area contributed by atoms with Crippen molar-refractivity contribution in [3.8, 4) is 0 Å². The predicted molar refractivity (Wildman–Crippen MR) is 64.9 cm³/mol. The molecular weight excluding hydrogens is 234 g/mol. The average Bonchev–Trinajstić information content (AvgIpc) is 2.90. The third-order valence-corrected chi connectivity index (χ3v) is 2.75. The molecule has 0 saturated carbocycles. The summed E-state index contributed by atoms with van der Waals surface area (Å²) in [6.45, 7) is 1.30. The maximum Gasteiger partial charge on any atom is 0.252 e. The predicted octanol–water partition coefficient (Wildman–Crippen LogP) is 0.798. The number of aromatic nitrogens is 1. The van der Waals surface area contributed by atoms with Crippen molar-refractivity contribution in [2.24, 2.45) is 5.16 Å². The minimum absolute atomic E-state index is 0.128. The fourth-order valence-corrected chi connectivity index (χ4v) is 1.79. The van der Waals surface area contributed by atoms with Crippen molar-refractivity contribution in [3.63, 3.8) is 0 Å². The smallest absolute Gasteiger partial charge is 0.252 e. The van der Waals surface area contributed by atoms with Crippen LogP contribution in [0.3, 0.4) is 0 Å². The molecular formula is C12H15N3O3. The van der Waals surface area contributed by atoms with E-state index in [0.717, 1.165) is 19.4 Å². The van der Waals surface area contributed by atoms with E-state index in [1.54, 1.807) is 12.1 Å². The van der Waals surface area contributed by atoms with Gasteiger partial charge in [0.2, 0.25) is 0 Å². The van der Waals surface area contributed by atoms with Gasteiger partial charge in [0.05, 0.1) is 23.6 Å². The van der Waals surface area contributed by atoms with Crippen LogP contribution in [-0.2, 0) is 4.74 Å². The second-order valence-corrected chi connectivity index (χ2v) is 4.06. The Hall–Kier alpha value is -1.95. The van der Waals surface area contributed by atoms with Crippen LogP contribution >= 0.6 is 0 Å². The summed E-state index contributed by atoms with van der Waals surface area (Å²) in [5.41, 5.74) is 0.969. The van der Waals surface area contributed by atoms with Gasteiger partial charge in [-0.25, -0.2) is 0 Å². The zero-order chi connectivity index (χ0) is 12.8. The summed E-state index contributed by atoms with van der Waals surface area (Å²) in [7, 11) is 0. The van der Waals surface area contributed by atoms with Crippen molar-refractivity contribution in [3.05, 3.63) is 29.6 Å². The Morgan fingerprint density at radius 3 is 3.17 bits per heavy atom. The van der Waals surface area contributed by atoms with Gasteiger partial charge in [0.25, 0.3) is 5.91 Å². The number of oxime groups is 1. The molecule has 1 aromatic rings. The molecule has 2 rings (SSSR count).